The van der Waals surface area contributed by atoms with Crippen molar-refractivity contribution in [2.45, 2.75) is 33.7 Å². The highest BCUT2D eigenvalue weighted by Gasteiger charge is 2.54. The zero-order valence-electron chi connectivity index (χ0n) is 29.4. The second-order valence-corrected chi connectivity index (χ2v) is 21.5. The Kier molecular flexibility index (Phi) is 7.70. The lowest BCUT2D eigenvalue weighted by molar-refractivity contribution is 0.484. The highest BCUT2D eigenvalue weighted by atomic mass is 29.1. The average molecular weight is 699 g/mol. The van der Waals surface area contributed by atoms with E-state index >= 15 is 0 Å². The third kappa shape index (κ3) is 4.78. The smallest absolute Gasteiger partial charge is 0.0246 e. The molecule has 250 valence electrons. The monoisotopic (exact) mass is 698 g/mol. The van der Waals surface area contributed by atoms with E-state index in [0.717, 1.165) is 0 Å². The van der Waals surface area contributed by atoms with Gasteiger partial charge in [-0.3, -0.25) is 0 Å². The molecule has 0 saturated heterocycles. The number of benzene rings is 6. The van der Waals surface area contributed by atoms with Crippen molar-refractivity contribution in [1.29, 1.82) is 0 Å². The van der Waals surface area contributed by atoms with E-state index in [4.69, 9.17) is 0 Å². The Balaban J connectivity index is 1.24. The first-order chi connectivity index (χ1) is 25.8. The van der Waals surface area contributed by atoms with Crippen LogP contribution in [0.25, 0.3) is 24.3 Å². The van der Waals surface area contributed by atoms with Crippen molar-refractivity contribution in [2.24, 2.45) is 0 Å². The van der Waals surface area contributed by atoms with Gasteiger partial charge in [0, 0.05) is 51.8 Å². The Morgan fingerprint density at radius 3 is 0.827 bits per heavy atom. The van der Waals surface area contributed by atoms with E-state index in [0.29, 0.717) is 23.7 Å². The second-order valence-electron chi connectivity index (χ2n) is 15.2. The standard InChI is InChI=1S/C50H42Si2/c1-3-19-39(20-4-1)49(45-31-27-35-15-7-11-23-41(35)45,46-32-28-36-16-8-12-24-42(36)46)51-52-50(40-21-5-2-6-22-40,47-33-29-37-17-9-13-25-43(37)47)48-34-30-38-18-10-14-26-44(38)48/h1-34,45-48H,51-52H2. The van der Waals surface area contributed by atoms with Crippen molar-refractivity contribution in [2.75, 3.05) is 0 Å². The minimum atomic E-state index is -0.865. The molecule has 4 atom stereocenters. The highest BCUT2D eigenvalue weighted by Crippen LogP contribution is 2.59. The Morgan fingerprint density at radius 2 is 0.538 bits per heavy atom. The van der Waals surface area contributed by atoms with Crippen molar-refractivity contribution in [1.82, 2.24) is 0 Å². The molecule has 4 aliphatic rings. The van der Waals surface area contributed by atoms with Crippen LogP contribution in [-0.4, -0.2) is 18.1 Å². The van der Waals surface area contributed by atoms with Gasteiger partial charge in [-0.05, 0) is 55.6 Å². The summed E-state index contributed by atoms with van der Waals surface area (Å²) in [5.74, 6) is 1.21. The summed E-state index contributed by atoms with van der Waals surface area (Å²) >= 11 is 0. The quantitative estimate of drug-likeness (QED) is 0.132. The molecule has 0 spiro atoms. The number of hydrogen-bond donors (Lipinski definition) is 0. The van der Waals surface area contributed by atoms with Gasteiger partial charge in [-0.2, -0.15) is 0 Å². The summed E-state index contributed by atoms with van der Waals surface area (Å²) in [5.41, 5.74) is 14.5. The molecule has 0 radical (unpaired) electrons. The number of allylic oxidation sites excluding steroid dienone is 4. The average Bonchev–Trinajstić information content (AvgIpc) is 4.03. The Bertz CT molecular complexity index is 2110. The van der Waals surface area contributed by atoms with Crippen LogP contribution in [0.4, 0.5) is 0 Å². The Labute approximate surface area is 312 Å². The molecule has 0 bridgehead atoms. The summed E-state index contributed by atoms with van der Waals surface area (Å²) in [5, 5.41) is -0.104. The zero-order valence-corrected chi connectivity index (χ0v) is 32.2. The molecule has 0 aromatic heterocycles. The van der Waals surface area contributed by atoms with Crippen molar-refractivity contribution in [3.8, 4) is 0 Å². The number of fused-ring (bicyclic) bond motifs is 4. The maximum absolute atomic E-state index is 2.59. The van der Waals surface area contributed by atoms with Gasteiger partial charge in [0.15, 0.2) is 0 Å². The van der Waals surface area contributed by atoms with E-state index in [-0.39, 0.29) is 10.1 Å². The van der Waals surface area contributed by atoms with Crippen molar-refractivity contribution in [3.05, 3.63) is 238 Å². The predicted molar refractivity (Wildman–Crippen MR) is 226 cm³/mol. The van der Waals surface area contributed by atoms with Crippen LogP contribution in [0.15, 0.2) is 182 Å². The maximum atomic E-state index is 2.59. The van der Waals surface area contributed by atoms with Crippen LogP contribution in [0.1, 0.15) is 79.3 Å². The molecule has 2 heteroatoms. The molecular formula is C50H42Si2. The molecule has 0 heterocycles. The summed E-state index contributed by atoms with van der Waals surface area (Å²) in [6.45, 7) is 0. The molecule has 0 nitrogen and oxygen atoms in total. The van der Waals surface area contributed by atoms with Gasteiger partial charge in [0.25, 0.3) is 0 Å². The molecule has 4 aliphatic carbocycles. The summed E-state index contributed by atoms with van der Waals surface area (Å²) < 4.78 is 0. The van der Waals surface area contributed by atoms with E-state index < -0.39 is 18.1 Å². The maximum Gasteiger partial charge on any atom is 0.0246 e. The van der Waals surface area contributed by atoms with Crippen LogP contribution in [0, 0.1) is 0 Å². The first-order valence-electron chi connectivity index (χ1n) is 19.0. The van der Waals surface area contributed by atoms with Gasteiger partial charge in [0.1, 0.15) is 0 Å². The van der Waals surface area contributed by atoms with Crippen LogP contribution in [0.5, 0.6) is 0 Å². The van der Waals surface area contributed by atoms with Crippen LogP contribution >= 0.6 is 0 Å². The lowest BCUT2D eigenvalue weighted by Crippen LogP contribution is -2.54. The topological polar surface area (TPSA) is 0 Å². The van der Waals surface area contributed by atoms with E-state index in [9.17, 15) is 0 Å². The van der Waals surface area contributed by atoms with Gasteiger partial charge in [-0.25, -0.2) is 0 Å². The van der Waals surface area contributed by atoms with Gasteiger partial charge in [-0.1, -0.05) is 206 Å². The third-order valence-corrected chi connectivity index (χ3v) is 23.2. The SMILES string of the molecule is C1=CC(C([SiH2][SiH2]C(c2ccccc2)(C2C=Cc3ccccc32)C2C=Cc3ccccc32)(c2ccccc2)C2C=Cc3ccccc32)c2ccccc21. The number of rotatable bonds is 9. The summed E-state index contributed by atoms with van der Waals surface area (Å²) in [6, 6.07) is 60.4. The van der Waals surface area contributed by atoms with Gasteiger partial charge in [-0.15, -0.1) is 0 Å². The van der Waals surface area contributed by atoms with Crippen molar-refractivity contribution >= 4 is 42.4 Å². The third-order valence-electron chi connectivity index (χ3n) is 13.0. The van der Waals surface area contributed by atoms with Gasteiger partial charge in [0.2, 0.25) is 0 Å². The van der Waals surface area contributed by atoms with Crippen molar-refractivity contribution < 1.29 is 0 Å². The lowest BCUT2D eigenvalue weighted by Gasteiger charge is -2.50. The zero-order chi connectivity index (χ0) is 34.5. The molecular weight excluding hydrogens is 657 g/mol. The lowest BCUT2D eigenvalue weighted by atomic mass is 9.71. The molecule has 0 amide bonds. The van der Waals surface area contributed by atoms with E-state index in [1.54, 1.807) is 0 Å². The molecule has 4 unspecified atom stereocenters. The highest BCUT2D eigenvalue weighted by molar-refractivity contribution is 7.03. The molecule has 0 N–H and O–H groups in total. The van der Waals surface area contributed by atoms with E-state index in [1.807, 2.05) is 0 Å². The summed E-state index contributed by atoms with van der Waals surface area (Å²) in [7, 11) is -1.73. The molecule has 6 aromatic rings. The fourth-order valence-corrected chi connectivity index (χ4v) is 23.2. The largest absolute Gasteiger partial charge is 0.0758 e. The summed E-state index contributed by atoms with van der Waals surface area (Å²) in [6.07, 6.45) is 20.1. The minimum Gasteiger partial charge on any atom is -0.0758 e. The van der Waals surface area contributed by atoms with Crippen molar-refractivity contribution in [3.63, 3.8) is 0 Å². The molecule has 0 fully saturated rings. The van der Waals surface area contributed by atoms with Gasteiger partial charge >= 0.3 is 0 Å². The summed E-state index contributed by atoms with van der Waals surface area (Å²) in [4.78, 5) is 0. The second kappa shape index (κ2) is 12.7. The first kappa shape index (κ1) is 31.4. The Morgan fingerprint density at radius 1 is 0.288 bits per heavy atom. The van der Waals surface area contributed by atoms with E-state index in [2.05, 4.69) is 206 Å². The normalized spacial score (nSPS) is 22.8. The van der Waals surface area contributed by atoms with Crippen LogP contribution in [-0.2, 0) is 10.1 Å². The molecule has 52 heavy (non-hydrogen) atoms. The Hall–Kier alpha value is -5.29. The van der Waals surface area contributed by atoms with E-state index in [1.165, 1.54) is 55.6 Å². The fourth-order valence-electron chi connectivity index (χ4n) is 10.7. The van der Waals surface area contributed by atoms with Crippen LogP contribution in [0.3, 0.4) is 0 Å². The van der Waals surface area contributed by atoms with Crippen LogP contribution in [0.2, 0.25) is 0 Å². The molecule has 0 saturated carbocycles. The molecule has 0 aliphatic heterocycles. The fraction of sp³-hybridized carbons (Fsp3) is 0.120. The minimum absolute atomic E-state index is 0.0522. The number of hydrogen-bond acceptors (Lipinski definition) is 0. The first-order valence-corrected chi connectivity index (χ1v) is 24.4. The van der Waals surface area contributed by atoms with Gasteiger partial charge in [0.05, 0.1) is 0 Å². The van der Waals surface area contributed by atoms with Crippen LogP contribution < -0.4 is 0 Å². The predicted octanol–water partition coefficient (Wildman–Crippen LogP) is 10.3. The molecule has 6 aromatic carbocycles. The van der Waals surface area contributed by atoms with Gasteiger partial charge < -0.3 is 0 Å². The molecule has 10 rings (SSSR count).